The lowest BCUT2D eigenvalue weighted by atomic mass is 9.99. The fraction of sp³-hybridized carbons (Fsp3) is 0.459. The summed E-state index contributed by atoms with van der Waals surface area (Å²) in [6.45, 7) is 4.90. The van der Waals surface area contributed by atoms with E-state index in [1.54, 1.807) is 0 Å². The van der Waals surface area contributed by atoms with E-state index in [9.17, 15) is 19.8 Å². The molecule has 4 N–H and O–H groups in total. The maximum absolute atomic E-state index is 12.3. The first kappa shape index (κ1) is 33.8. The molecule has 0 bridgehead atoms. The SMILES string of the molecule is CC(=O)NCCCCCC(=O)NCc1cccc(-c2ccc(C3OC(CN4CCC(O)C4)CC(c4ccc(CO)cc4)O3)cc2)c1. The second kappa shape index (κ2) is 16.8. The van der Waals surface area contributed by atoms with Gasteiger partial charge in [0.1, 0.15) is 0 Å². The van der Waals surface area contributed by atoms with E-state index in [0.29, 0.717) is 32.5 Å². The highest BCUT2D eigenvalue weighted by molar-refractivity contribution is 5.76. The van der Waals surface area contributed by atoms with Crippen molar-refractivity contribution in [2.45, 2.75) is 83.2 Å². The molecule has 9 nitrogen and oxygen atoms in total. The monoisotopic (exact) mass is 629 g/mol. The summed E-state index contributed by atoms with van der Waals surface area (Å²) < 4.78 is 13.0. The number of hydrogen-bond donors (Lipinski definition) is 4. The molecule has 0 aliphatic carbocycles. The normalized spacial score (nSPS) is 21.6. The maximum atomic E-state index is 12.3. The van der Waals surface area contributed by atoms with Gasteiger partial charge in [0.05, 0.1) is 24.9 Å². The van der Waals surface area contributed by atoms with Crippen LogP contribution in [0.15, 0.2) is 72.8 Å². The van der Waals surface area contributed by atoms with Gasteiger partial charge in [-0.3, -0.25) is 14.5 Å². The summed E-state index contributed by atoms with van der Waals surface area (Å²) in [6, 6.07) is 24.3. The number of β-amino-alcohol motifs (C(OH)–C–C–N with tert-alkyl or cyclic N) is 1. The number of benzene rings is 3. The van der Waals surface area contributed by atoms with Crippen LogP contribution in [0.4, 0.5) is 0 Å². The Balaban J connectivity index is 1.19. The topological polar surface area (TPSA) is 120 Å². The Kier molecular flexibility index (Phi) is 12.3. The molecule has 0 spiro atoms. The van der Waals surface area contributed by atoms with E-state index in [1.807, 2.05) is 48.5 Å². The first-order chi connectivity index (χ1) is 22.4. The summed E-state index contributed by atoms with van der Waals surface area (Å²) in [5.41, 5.74) is 6.01. The number of aliphatic hydroxyl groups excluding tert-OH is 2. The summed E-state index contributed by atoms with van der Waals surface area (Å²) >= 11 is 0. The molecule has 9 heteroatoms. The zero-order valence-electron chi connectivity index (χ0n) is 26.7. The molecular weight excluding hydrogens is 582 g/mol. The zero-order chi connectivity index (χ0) is 32.3. The van der Waals surface area contributed by atoms with Crippen LogP contribution in [0.2, 0.25) is 0 Å². The molecule has 0 aromatic heterocycles. The van der Waals surface area contributed by atoms with Crippen molar-refractivity contribution in [1.29, 1.82) is 0 Å². The van der Waals surface area contributed by atoms with E-state index in [2.05, 4.69) is 39.8 Å². The number of carbonyl (C=O) groups is 2. The van der Waals surface area contributed by atoms with Crippen LogP contribution >= 0.6 is 0 Å². The van der Waals surface area contributed by atoms with Gasteiger partial charge in [-0.15, -0.1) is 0 Å². The molecule has 3 aromatic carbocycles. The third-order valence-corrected chi connectivity index (χ3v) is 8.71. The van der Waals surface area contributed by atoms with Crippen LogP contribution in [0.5, 0.6) is 0 Å². The number of aliphatic hydroxyl groups is 2. The summed E-state index contributed by atoms with van der Waals surface area (Å²) in [4.78, 5) is 25.6. The maximum Gasteiger partial charge on any atom is 0.220 e. The smallest absolute Gasteiger partial charge is 0.220 e. The number of hydrogen-bond acceptors (Lipinski definition) is 7. The number of nitrogens with zero attached hydrogens (tertiary/aromatic N) is 1. The molecule has 2 amide bonds. The van der Waals surface area contributed by atoms with Gasteiger partial charge in [-0.25, -0.2) is 0 Å². The van der Waals surface area contributed by atoms with Crippen LogP contribution < -0.4 is 10.6 Å². The Hall–Kier alpha value is -3.60. The zero-order valence-corrected chi connectivity index (χ0v) is 26.7. The highest BCUT2D eigenvalue weighted by Crippen LogP contribution is 2.39. The summed E-state index contributed by atoms with van der Waals surface area (Å²) in [7, 11) is 0. The number of nitrogens with one attached hydrogen (secondary N) is 2. The van der Waals surface area contributed by atoms with Gasteiger partial charge in [0, 0.05) is 58.1 Å². The minimum atomic E-state index is -0.533. The first-order valence-corrected chi connectivity index (χ1v) is 16.5. The quantitative estimate of drug-likeness (QED) is 0.190. The number of amides is 2. The standard InChI is InChI=1S/C37H47N3O6/c1-26(42)38-18-4-2-3-8-36(44)39-22-28-6-5-7-32(20-28)29-13-15-31(16-14-29)37-45-34(24-40-19-17-33(43)23-40)21-35(46-37)30-11-9-27(25-41)10-12-30/h5-7,9-16,20,33-35,37,41,43H,2-4,8,17-19,21-25H2,1H3,(H,38,42)(H,39,44). The van der Waals surface area contributed by atoms with Gasteiger partial charge in [0.25, 0.3) is 0 Å². The Bertz CT molecular complexity index is 1410. The van der Waals surface area contributed by atoms with Crippen LogP contribution in [0.3, 0.4) is 0 Å². The number of likely N-dealkylation sites (tertiary alicyclic amines) is 1. The first-order valence-electron chi connectivity index (χ1n) is 16.5. The molecular formula is C37H47N3O6. The second-order valence-corrected chi connectivity index (χ2v) is 12.4. The highest BCUT2D eigenvalue weighted by Gasteiger charge is 2.34. The molecule has 4 atom stereocenters. The fourth-order valence-electron chi connectivity index (χ4n) is 6.13. The van der Waals surface area contributed by atoms with Gasteiger partial charge < -0.3 is 30.3 Å². The van der Waals surface area contributed by atoms with Gasteiger partial charge in [-0.05, 0) is 53.1 Å². The van der Waals surface area contributed by atoms with Gasteiger partial charge in [-0.2, -0.15) is 0 Å². The Morgan fingerprint density at radius 3 is 2.39 bits per heavy atom. The largest absolute Gasteiger partial charge is 0.392 e. The van der Waals surface area contributed by atoms with Crippen molar-refractivity contribution < 1.29 is 29.3 Å². The molecule has 46 heavy (non-hydrogen) atoms. The number of rotatable bonds is 14. The van der Waals surface area contributed by atoms with E-state index in [0.717, 1.165) is 72.2 Å². The van der Waals surface area contributed by atoms with Crippen molar-refractivity contribution in [2.24, 2.45) is 0 Å². The van der Waals surface area contributed by atoms with E-state index < -0.39 is 6.29 Å². The van der Waals surface area contributed by atoms with Crippen molar-refractivity contribution >= 4 is 11.8 Å². The fourth-order valence-corrected chi connectivity index (χ4v) is 6.13. The number of unbranched alkanes of at least 4 members (excludes halogenated alkanes) is 2. The third kappa shape index (κ3) is 9.95. The lowest BCUT2D eigenvalue weighted by molar-refractivity contribution is -0.252. The molecule has 4 unspecified atom stereocenters. The Labute approximate surface area is 271 Å². The predicted octanol–water partition coefficient (Wildman–Crippen LogP) is 4.77. The van der Waals surface area contributed by atoms with Crippen molar-refractivity contribution in [3.63, 3.8) is 0 Å². The van der Waals surface area contributed by atoms with Crippen LogP contribution in [0.25, 0.3) is 11.1 Å². The highest BCUT2D eigenvalue weighted by atomic mass is 16.7. The Morgan fingerprint density at radius 2 is 1.67 bits per heavy atom. The molecule has 2 heterocycles. The van der Waals surface area contributed by atoms with Crippen LogP contribution in [-0.4, -0.2) is 65.3 Å². The minimum Gasteiger partial charge on any atom is -0.392 e. The van der Waals surface area contributed by atoms with Crippen LogP contribution in [0, 0.1) is 0 Å². The van der Waals surface area contributed by atoms with E-state index in [1.165, 1.54) is 6.92 Å². The van der Waals surface area contributed by atoms with E-state index in [-0.39, 0.29) is 36.7 Å². The van der Waals surface area contributed by atoms with Gasteiger partial charge in [-0.1, -0.05) is 73.2 Å². The molecule has 246 valence electrons. The average Bonchev–Trinajstić information content (AvgIpc) is 3.49. The second-order valence-electron chi connectivity index (χ2n) is 12.4. The minimum absolute atomic E-state index is 0.00434. The molecule has 5 rings (SSSR count). The molecule has 2 saturated heterocycles. The van der Waals surface area contributed by atoms with Gasteiger partial charge in [0.15, 0.2) is 6.29 Å². The molecule has 2 fully saturated rings. The Morgan fingerprint density at radius 1 is 0.891 bits per heavy atom. The van der Waals surface area contributed by atoms with E-state index >= 15 is 0 Å². The number of carbonyl (C=O) groups excluding carboxylic acids is 2. The van der Waals surface area contributed by atoms with Gasteiger partial charge >= 0.3 is 0 Å². The average molecular weight is 630 g/mol. The predicted molar refractivity (Wildman–Crippen MR) is 176 cm³/mol. The molecule has 2 aliphatic heterocycles. The molecule has 2 aliphatic rings. The third-order valence-electron chi connectivity index (χ3n) is 8.71. The van der Waals surface area contributed by atoms with Crippen molar-refractivity contribution in [3.8, 4) is 11.1 Å². The van der Waals surface area contributed by atoms with Gasteiger partial charge in [0.2, 0.25) is 11.8 Å². The summed E-state index contributed by atoms with van der Waals surface area (Å²) in [5, 5.41) is 25.3. The van der Waals surface area contributed by atoms with Crippen LogP contribution in [0.1, 0.15) is 80.1 Å². The van der Waals surface area contributed by atoms with Crippen molar-refractivity contribution in [3.05, 3.63) is 95.1 Å². The summed E-state index contributed by atoms with van der Waals surface area (Å²) in [5.74, 6) is 0.00649. The molecule has 0 saturated carbocycles. The van der Waals surface area contributed by atoms with Crippen molar-refractivity contribution in [1.82, 2.24) is 15.5 Å². The molecule has 3 aromatic rings. The van der Waals surface area contributed by atoms with Crippen molar-refractivity contribution in [2.75, 3.05) is 26.2 Å². The van der Waals surface area contributed by atoms with Crippen LogP contribution in [-0.2, 0) is 32.2 Å². The number of ether oxygens (including phenoxy) is 2. The van der Waals surface area contributed by atoms with E-state index in [4.69, 9.17) is 9.47 Å². The lowest BCUT2D eigenvalue weighted by Gasteiger charge is -2.37. The summed E-state index contributed by atoms with van der Waals surface area (Å²) in [6.07, 6.45) is 3.52. The lowest BCUT2D eigenvalue weighted by Crippen LogP contribution is -2.38. The molecule has 0 radical (unpaired) electrons.